The molecular weight excluding hydrogens is 242 g/mol. The summed E-state index contributed by atoms with van der Waals surface area (Å²) < 4.78 is 5.47. The summed E-state index contributed by atoms with van der Waals surface area (Å²) in [6.45, 7) is 4.11. The van der Waals surface area contributed by atoms with Crippen molar-refractivity contribution in [2.75, 3.05) is 13.2 Å². The Morgan fingerprint density at radius 1 is 1.58 bits per heavy atom. The molecule has 1 aromatic carbocycles. The van der Waals surface area contributed by atoms with Gasteiger partial charge in [0.05, 0.1) is 12.5 Å². The van der Waals surface area contributed by atoms with Crippen molar-refractivity contribution in [2.24, 2.45) is 5.73 Å². The fraction of sp³-hybridized carbons (Fsp3) is 0.429. The number of ether oxygens (including phenoxy) is 1. The minimum atomic E-state index is -0.244. The van der Waals surface area contributed by atoms with Crippen molar-refractivity contribution in [1.82, 2.24) is 5.32 Å². The third-order valence-corrected chi connectivity index (χ3v) is 2.57. The van der Waals surface area contributed by atoms with Gasteiger partial charge in [0.15, 0.2) is 6.61 Å². The molecule has 0 saturated heterocycles. The topological polar surface area (TPSA) is 88.1 Å². The molecule has 0 aliphatic heterocycles. The average molecular weight is 261 g/mol. The second-order valence-electron chi connectivity index (χ2n) is 4.38. The molecule has 0 aromatic heterocycles. The fourth-order valence-electron chi connectivity index (χ4n) is 1.61. The van der Waals surface area contributed by atoms with Crippen molar-refractivity contribution in [1.29, 1.82) is 5.26 Å². The van der Waals surface area contributed by atoms with Crippen LogP contribution in [-0.4, -0.2) is 19.1 Å². The minimum absolute atomic E-state index is 0.0752. The van der Waals surface area contributed by atoms with Crippen LogP contribution >= 0.6 is 0 Å². The van der Waals surface area contributed by atoms with Crippen molar-refractivity contribution >= 4 is 5.91 Å². The quantitative estimate of drug-likeness (QED) is 0.758. The predicted octanol–water partition coefficient (Wildman–Crippen LogP) is 1.42. The van der Waals surface area contributed by atoms with E-state index in [-0.39, 0.29) is 18.6 Å². The molecule has 0 bridgehead atoms. The molecule has 0 aliphatic rings. The van der Waals surface area contributed by atoms with Crippen LogP contribution in [-0.2, 0) is 4.79 Å². The van der Waals surface area contributed by atoms with Gasteiger partial charge in [0, 0.05) is 18.2 Å². The number of carbonyl (C=O) groups excluding carboxylic acids is 1. The number of carbonyl (C=O) groups is 1. The van der Waals surface area contributed by atoms with E-state index in [1.807, 2.05) is 38.1 Å². The van der Waals surface area contributed by atoms with Gasteiger partial charge in [-0.25, -0.2) is 0 Å². The highest BCUT2D eigenvalue weighted by Gasteiger charge is 2.10. The van der Waals surface area contributed by atoms with Gasteiger partial charge in [-0.2, -0.15) is 5.26 Å². The number of amides is 1. The van der Waals surface area contributed by atoms with Crippen LogP contribution in [0.4, 0.5) is 0 Å². The smallest absolute Gasteiger partial charge is 0.257 e. The molecule has 0 radical (unpaired) electrons. The molecule has 3 N–H and O–H groups in total. The van der Waals surface area contributed by atoms with Gasteiger partial charge in [0.1, 0.15) is 5.75 Å². The molecular formula is C14H19N3O2. The van der Waals surface area contributed by atoms with Gasteiger partial charge in [-0.1, -0.05) is 17.7 Å². The number of nitrogens with two attached hydrogens (primary N) is 1. The zero-order chi connectivity index (χ0) is 14.3. The Kier molecular flexibility index (Phi) is 5.83. The first-order chi connectivity index (χ1) is 9.04. The van der Waals surface area contributed by atoms with Crippen molar-refractivity contribution < 1.29 is 9.53 Å². The summed E-state index contributed by atoms with van der Waals surface area (Å²) in [5.74, 6) is 0.377. The Morgan fingerprint density at radius 3 is 2.95 bits per heavy atom. The Morgan fingerprint density at radius 2 is 2.32 bits per heavy atom. The lowest BCUT2D eigenvalue weighted by atomic mass is 10.1. The molecule has 1 rings (SSSR count). The fourth-order valence-corrected chi connectivity index (χ4v) is 1.61. The highest BCUT2D eigenvalue weighted by molar-refractivity contribution is 5.77. The second-order valence-corrected chi connectivity index (χ2v) is 4.38. The Hall–Kier alpha value is -2.06. The molecule has 5 nitrogen and oxygen atoms in total. The van der Waals surface area contributed by atoms with E-state index < -0.39 is 0 Å². The second kappa shape index (κ2) is 7.39. The summed E-state index contributed by atoms with van der Waals surface area (Å²) in [5, 5.41) is 11.0. The molecule has 19 heavy (non-hydrogen) atoms. The minimum Gasteiger partial charge on any atom is -0.483 e. The number of hydrogen-bond acceptors (Lipinski definition) is 4. The first kappa shape index (κ1) is 15.0. The monoisotopic (exact) mass is 261 g/mol. The molecule has 0 fully saturated rings. The van der Waals surface area contributed by atoms with E-state index in [0.717, 1.165) is 11.1 Å². The lowest BCUT2D eigenvalue weighted by Crippen LogP contribution is -2.29. The molecule has 0 spiro atoms. The van der Waals surface area contributed by atoms with Crippen molar-refractivity contribution in [3.63, 3.8) is 0 Å². The van der Waals surface area contributed by atoms with E-state index in [9.17, 15) is 4.79 Å². The number of hydrogen-bond donors (Lipinski definition) is 2. The molecule has 0 saturated carbocycles. The van der Waals surface area contributed by atoms with Crippen molar-refractivity contribution in [3.05, 3.63) is 29.3 Å². The van der Waals surface area contributed by atoms with E-state index in [0.29, 0.717) is 18.7 Å². The summed E-state index contributed by atoms with van der Waals surface area (Å²) in [4.78, 5) is 11.5. The van der Waals surface area contributed by atoms with Crippen LogP contribution in [0.1, 0.15) is 30.5 Å². The van der Waals surface area contributed by atoms with Gasteiger partial charge in [-0.05, 0) is 19.9 Å². The molecule has 0 aliphatic carbocycles. The number of nitriles is 1. The highest BCUT2D eigenvalue weighted by Crippen LogP contribution is 2.24. The maximum absolute atomic E-state index is 11.5. The zero-order valence-corrected chi connectivity index (χ0v) is 11.3. The van der Waals surface area contributed by atoms with Gasteiger partial charge in [0.25, 0.3) is 5.91 Å². The summed E-state index contributed by atoms with van der Waals surface area (Å²) in [6.07, 6.45) is 0.293. The third kappa shape index (κ3) is 4.98. The molecule has 1 atom stereocenters. The van der Waals surface area contributed by atoms with E-state index in [1.54, 1.807) is 0 Å². The van der Waals surface area contributed by atoms with Crippen LogP contribution in [0.25, 0.3) is 0 Å². The van der Waals surface area contributed by atoms with Crippen LogP contribution in [0.3, 0.4) is 0 Å². The molecule has 102 valence electrons. The maximum Gasteiger partial charge on any atom is 0.257 e. The first-order valence-corrected chi connectivity index (χ1v) is 6.17. The number of nitrogens with one attached hydrogen (secondary N) is 1. The average Bonchev–Trinajstić information content (AvgIpc) is 2.37. The van der Waals surface area contributed by atoms with Crippen LogP contribution < -0.4 is 15.8 Å². The van der Waals surface area contributed by atoms with Gasteiger partial charge in [-0.15, -0.1) is 0 Å². The number of benzene rings is 1. The molecule has 1 unspecified atom stereocenters. The van der Waals surface area contributed by atoms with Gasteiger partial charge >= 0.3 is 0 Å². The SMILES string of the molecule is Cc1ccc(OCC(=O)NCCC#N)c(C(C)N)c1. The first-order valence-electron chi connectivity index (χ1n) is 6.17. The van der Waals surface area contributed by atoms with E-state index in [1.165, 1.54) is 0 Å². The number of nitrogens with zero attached hydrogens (tertiary/aromatic N) is 1. The Balaban J connectivity index is 2.58. The highest BCUT2D eigenvalue weighted by atomic mass is 16.5. The summed E-state index contributed by atoms with van der Waals surface area (Å²) in [6, 6.07) is 7.48. The third-order valence-electron chi connectivity index (χ3n) is 2.57. The lowest BCUT2D eigenvalue weighted by Gasteiger charge is -2.14. The zero-order valence-electron chi connectivity index (χ0n) is 11.3. The number of aryl methyl sites for hydroxylation is 1. The Labute approximate surface area is 113 Å². The summed E-state index contributed by atoms with van der Waals surface area (Å²) >= 11 is 0. The van der Waals surface area contributed by atoms with Gasteiger partial charge in [0.2, 0.25) is 0 Å². The summed E-state index contributed by atoms with van der Waals surface area (Å²) in [7, 11) is 0. The lowest BCUT2D eigenvalue weighted by molar-refractivity contribution is -0.123. The molecule has 1 amide bonds. The van der Waals surface area contributed by atoms with E-state index in [2.05, 4.69) is 5.32 Å². The van der Waals surface area contributed by atoms with Crippen molar-refractivity contribution in [3.8, 4) is 11.8 Å². The van der Waals surface area contributed by atoms with E-state index >= 15 is 0 Å². The molecule has 1 aromatic rings. The Bertz CT molecular complexity index is 478. The van der Waals surface area contributed by atoms with Crippen LogP contribution in [0, 0.1) is 18.3 Å². The van der Waals surface area contributed by atoms with E-state index in [4.69, 9.17) is 15.7 Å². The van der Waals surface area contributed by atoms with Crippen molar-refractivity contribution in [2.45, 2.75) is 26.3 Å². The number of rotatable bonds is 6. The normalized spacial score (nSPS) is 11.5. The maximum atomic E-state index is 11.5. The van der Waals surface area contributed by atoms with Crippen LogP contribution in [0.5, 0.6) is 5.75 Å². The van der Waals surface area contributed by atoms with Crippen LogP contribution in [0.2, 0.25) is 0 Å². The largest absolute Gasteiger partial charge is 0.483 e. The van der Waals surface area contributed by atoms with Crippen LogP contribution in [0.15, 0.2) is 18.2 Å². The standard InChI is InChI=1S/C14H19N3O2/c1-10-4-5-13(12(8-10)11(2)16)19-9-14(18)17-7-3-6-15/h4-5,8,11H,3,7,9,16H2,1-2H3,(H,17,18). The predicted molar refractivity (Wildman–Crippen MR) is 72.5 cm³/mol. The van der Waals surface area contributed by atoms with Gasteiger partial charge < -0.3 is 15.8 Å². The molecule has 0 heterocycles. The molecule has 5 heteroatoms. The summed E-state index contributed by atoms with van der Waals surface area (Å²) in [5.41, 5.74) is 7.85. The van der Waals surface area contributed by atoms with Gasteiger partial charge in [-0.3, -0.25) is 4.79 Å².